The Hall–Kier alpha value is -2.38. The molecule has 25 heavy (non-hydrogen) atoms. The lowest BCUT2D eigenvalue weighted by Crippen LogP contribution is -2.23. The Morgan fingerprint density at radius 3 is 2.56 bits per heavy atom. The molecule has 0 saturated carbocycles. The number of carbonyl (C=O) groups is 1. The molecule has 0 spiro atoms. The van der Waals surface area contributed by atoms with E-state index in [1.54, 1.807) is 6.92 Å². The summed E-state index contributed by atoms with van der Waals surface area (Å²) in [6.07, 6.45) is 0. The molecule has 0 aliphatic heterocycles. The molecule has 0 amide bonds. The van der Waals surface area contributed by atoms with Crippen molar-refractivity contribution in [3.05, 3.63) is 59.7 Å². The second-order valence-electron chi connectivity index (χ2n) is 5.33. The van der Waals surface area contributed by atoms with Gasteiger partial charge in [0.25, 0.3) is 0 Å². The molecular weight excluding hydrogens is 342 g/mol. The van der Waals surface area contributed by atoms with Crippen molar-refractivity contribution in [1.29, 1.82) is 0 Å². The van der Waals surface area contributed by atoms with Gasteiger partial charge in [0.05, 0.1) is 10.5 Å². The normalized spacial score (nSPS) is 11.1. The first-order chi connectivity index (χ1) is 11.9. The van der Waals surface area contributed by atoms with Crippen LogP contribution in [0.25, 0.3) is 0 Å². The Labute approximate surface area is 147 Å². The number of ether oxygens (including phenoxy) is 2. The van der Waals surface area contributed by atoms with Crippen molar-refractivity contribution in [1.82, 2.24) is 4.72 Å². The van der Waals surface area contributed by atoms with Gasteiger partial charge in [0.15, 0.2) is 0 Å². The Kier molecular flexibility index (Phi) is 6.55. The number of esters is 1. The molecule has 0 aliphatic rings. The van der Waals surface area contributed by atoms with E-state index in [2.05, 4.69) is 4.72 Å². The van der Waals surface area contributed by atoms with Crippen LogP contribution in [0.1, 0.15) is 22.8 Å². The summed E-state index contributed by atoms with van der Waals surface area (Å²) in [5.41, 5.74) is 1.25. The van der Waals surface area contributed by atoms with Crippen molar-refractivity contribution >= 4 is 16.0 Å². The minimum Gasteiger partial charge on any atom is -0.490 e. The first-order valence-corrected chi connectivity index (χ1v) is 9.37. The molecular formula is C18H21NO5S. The molecule has 0 aromatic heterocycles. The summed E-state index contributed by atoms with van der Waals surface area (Å²) in [6, 6.07) is 13.3. The second-order valence-corrected chi connectivity index (χ2v) is 7.10. The quantitative estimate of drug-likeness (QED) is 0.576. The Morgan fingerprint density at radius 1 is 1.08 bits per heavy atom. The maximum Gasteiger partial charge on any atom is 0.338 e. The van der Waals surface area contributed by atoms with Gasteiger partial charge in [0, 0.05) is 6.54 Å². The third kappa shape index (κ3) is 5.58. The number of rotatable bonds is 8. The van der Waals surface area contributed by atoms with E-state index in [9.17, 15) is 13.2 Å². The van der Waals surface area contributed by atoms with E-state index < -0.39 is 16.0 Å². The molecule has 134 valence electrons. The Morgan fingerprint density at radius 2 is 1.84 bits per heavy atom. The first kappa shape index (κ1) is 19.0. The fourth-order valence-corrected chi connectivity index (χ4v) is 3.23. The van der Waals surface area contributed by atoms with Crippen LogP contribution in [0, 0.1) is 6.92 Å². The lowest BCUT2D eigenvalue weighted by Gasteiger charge is -2.09. The fraction of sp³-hybridized carbons (Fsp3) is 0.278. The zero-order valence-electron chi connectivity index (χ0n) is 14.2. The third-order valence-corrected chi connectivity index (χ3v) is 4.83. The number of hydrogen-bond donors (Lipinski definition) is 1. The van der Waals surface area contributed by atoms with E-state index in [1.807, 2.05) is 31.2 Å². The fourth-order valence-electron chi connectivity index (χ4n) is 2.15. The lowest BCUT2D eigenvalue weighted by atomic mass is 10.2. The molecule has 0 aliphatic carbocycles. The maximum absolute atomic E-state index is 12.1. The Balaban J connectivity index is 1.91. The highest BCUT2D eigenvalue weighted by atomic mass is 32.2. The van der Waals surface area contributed by atoms with E-state index in [1.165, 1.54) is 24.3 Å². The van der Waals surface area contributed by atoms with Gasteiger partial charge in [-0.1, -0.05) is 25.1 Å². The second kappa shape index (κ2) is 8.64. The molecule has 0 radical (unpaired) electrons. The number of carbonyl (C=O) groups excluding carboxylic acids is 1. The largest absolute Gasteiger partial charge is 0.490 e. The van der Waals surface area contributed by atoms with Crippen molar-refractivity contribution in [3.63, 3.8) is 0 Å². The molecule has 6 nitrogen and oxygen atoms in total. The average Bonchev–Trinajstić information content (AvgIpc) is 2.59. The van der Waals surface area contributed by atoms with Gasteiger partial charge in [-0.15, -0.1) is 0 Å². The molecule has 0 unspecified atom stereocenters. The van der Waals surface area contributed by atoms with Crippen LogP contribution in [0.4, 0.5) is 0 Å². The van der Waals surface area contributed by atoms with Crippen LogP contribution in [0.3, 0.4) is 0 Å². The minimum atomic E-state index is -3.61. The van der Waals surface area contributed by atoms with E-state index >= 15 is 0 Å². The number of aryl methyl sites for hydroxylation is 1. The molecule has 0 bridgehead atoms. The number of sulfonamides is 1. The van der Waals surface area contributed by atoms with E-state index in [-0.39, 0.29) is 30.2 Å². The predicted molar refractivity (Wildman–Crippen MR) is 94.3 cm³/mol. The molecule has 1 N–H and O–H groups in total. The summed E-state index contributed by atoms with van der Waals surface area (Å²) >= 11 is 0. The van der Waals surface area contributed by atoms with Crippen molar-refractivity contribution in [2.24, 2.45) is 0 Å². The summed E-state index contributed by atoms with van der Waals surface area (Å²) in [7, 11) is -3.61. The highest BCUT2D eigenvalue weighted by Gasteiger charge is 2.15. The van der Waals surface area contributed by atoms with E-state index in [0.717, 1.165) is 5.56 Å². The zero-order chi connectivity index (χ0) is 18.3. The zero-order valence-corrected chi connectivity index (χ0v) is 15.0. The van der Waals surface area contributed by atoms with Crippen molar-refractivity contribution in [3.8, 4) is 5.75 Å². The topological polar surface area (TPSA) is 81.7 Å². The summed E-state index contributed by atoms with van der Waals surface area (Å²) in [6.45, 7) is 4.19. The van der Waals surface area contributed by atoms with Crippen LogP contribution >= 0.6 is 0 Å². The minimum absolute atomic E-state index is 0.0276. The lowest BCUT2D eigenvalue weighted by molar-refractivity contribution is 0.0450. The van der Waals surface area contributed by atoms with Gasteiger partial charge in [-0.05, 0) is 42.8 Å². The molecule has 0 fully saturated rings. The molecule has 0 atom stereocenters. The maximum atomic E-state index is 12.1. The van der Waals surface area contributed by atoms with Gasteiger partial charge in [-0.3, -0.25) is 0 Å². The highest BCUT2D eigenvalue weighted by molar-refractivity contribution is 7.89. The van der Waals surface area contributed by atoms with E-state index in [4.69, 9.17) is 9.47 Å². The van der Waals surface area contributed by atoms with Gasteiger partial charge in [-0.25, -0.2) is 17.9 Å². The van der Waals surface area contributed by atoms with Gasteiger partial charge >= 0.3 is 5.97 Å². The van der Waals surface area contributed by atoms with Crippen molar-refractivity contribution < 1.29 is 22.7 Å². The molecule has 2 aromatic carbocycles. The van der Waals surface area contributed by atoms with Crippen LogP contribution in [0.5, 0.6) is 5.75 Å². The van der Waals surface area contributed by atoms with Gasteiger partial charge in [0.2, 0.25) is 10.0 Å². The summed E-state index contributed by atoms with van der Waals surface area (Å²) in [4.78, 5) is 12.1. The molecule has 2 aromatic rings. The molecule has 0 heterocycles. The summed E-state index contributed by atoms with van der Waals surface area (Å²) in [5.74, 6) is 0.108. The molecule has 0 saturated heterocycles. The summed E-state index contributed by atoms with van der Waals surface area (Å²) < 4.78 is 36.9. The van der Waals surface area contributed by atoms with Crippen LogP contribution < -0.4 is 9.46 Å². The van der Waals surface area contributed by atoms with Crippen LogP contribution in [0.15, 0.2) is 53.4 Å². The molecule has 2 rings (SSSR count). The monoisotopic (exact) mass is 363 g/mol. The predicted octanol–water partition coefficient (Wildman–Crippen LogP) is 2.53. The number of nitrogens with one attached hydrogen (secondary N) is 1. The summed E-state index contributed by atoms with van der Waals surface area (Å²) in [5, 5.41) is 0. The van der Waals surface area contributed by atoms with Crippen LogP contribution in [0.2, 0.25) is 0 Å². The van der Waals surface area contributed by atoms with Crippen LogP contribution in [-0.2, 0) is 14.8 Å². The van der Waals surface area contributed by atoms with Crippen LogP contribution in [-0.4, -0.2) is 34.1 Å². The first-order valence-electron chi connectivity index (χ1n) is 7.88. The number of hydrogen-bond acceptors (Lipinski definition) is 5. The average molecular weight is 363 g/mol. The van der Waals surface area contributed by atoms with Crippen molar-refractivity contribution in [2.45, 2.75) is 18.7 Å². The number of benzene rings is 2. The van der Waals surface area contributed by atoms with Gasteiger partial charge in [0.1, 0.15) is 19.0 Å². The van der Waals surface area contributed by atoms with Gasteiger partial charge < -0.3 is 9.47 Å². The standard InChI is InChI=1S/C18H21NO5S/c1-3-19-25(21,22)17-9-5-7-15(13-17)18(20)24-11-10-23-16-8-4-6-14(2)12-16/h4-9,12-13,19H,3,10-11H2,1-2H3. The highest BCUT2D eigenvalue weighted by Crippen LogP contribution is 2.13. The van der Waals surface area contributed by atoms with Crippen molar-refractivity contribution in [2.75, 3.05) is 19.8 Å². The Bertz CT molecular complexity index is 833. The molecule has 7 heteroatoms. The van der Waals surface area contributed by atoms with E-state index in [0.29, 0.717) is 5.75 Å². The SMILES string of the molecule is CCNS(=O)(=O)c1cccc(C(=O)OCCOc2cccc(C)c2)c1. The smallest absolute Gasteiger partial charge is 0.338 e. The van der Waals surface area contributed by atoms with Gasteiger partial charge in [-0.2, -0.15) is 0 Å². The third-order valence-electron chi connectivity index (χ3n) is 3.29.